The highest BCUT2D eigenvalue weighted by atomic mass is 16.5. The number of nitrogens with zero attached hydrogens (tertiary/aromatic N) is 2. The molecule has 0 aliphatic heterocycles. The van der Waals surface area contributed by atoms with Gasteiger partial charge in [0.2, 0.25) is 5.89 Å². The molecule has 16 heavy (non-hydrogen) atoms. The monoisotopic (exact) mass is 226 g/mol. The number of carboxylic acid groups (broad SMARTS) is 1. The van der Waals surface area contributed by atoms with Crippen molar-refractivity contribution < 1.29 is 14.4 Å². The normalized spacial score (nSPS) is 10.9. The lowest BCUT2D eigenvalue weighted by Crippen LogP contribution is -1.97. The number of hydrogen-bond acceptors (Lipinski definition) is 4. The van der Waals surface area contributed by atoms with Gasteiger partial charge in [-0.2, -0.15) is 4.98 Å². The number of aryl methyl sites for hydroxylation is 2. The molecule has 5 nitrogen and oxygen atoms in total. The minimum Gasteiger partial charge on any atom is -0.481 e. The van der Waals surface area contributed by atoms with Crippen molar-refractivity contribution in [3.8, 4) is 0 Å². The van der Waals surface area contributed by atoms with E-state index in [-0.39, 0.29) is 6.42 Å². The Morgan fingerprint density at radius 1 is 1.44 bits per heavy atom. The van der Waals surface area contributed by atoms with Crippen LogP contribution in [-0.4, -0.2) is 21.2 Å². The molecular formula is C11H18N2O3. The third kappa shape index (κ3) is 4.91. The maximum absolute atomic E-state index is 10.3. The van der Waals surface area contributed by atoms with E-state index in [0.717, 1.165) is 18.7 Å². The lowest BCUT2D eigenvalue weighted by atomic mass is 10.1. The largest absolute Gasteiger partial charge is 0.481 e. The first-order chi connectivity index (χ1) is 7.58. The minimum atomic E-state index is -0.792. The molecule has 0 aromatic carbocycles. The number of rotatable bonds is 7. The van der Waals surface area contributed by atoms with Crippen LogP contribution in [0.5, 0.6) is 0 Å². The van der Waals surface area contributed by atoms with Crippen LogP contribution in [0.25, 0.3) is 0 Å². The average molecular weight is 226 g/mol. The molecule has 0 spiro atoms. The van der Waals surface area contributed by atoms with Crippen molar-refractivity contribution in [1.82, 2.24) is 10.1 Å². The summed E-state index contributed by atoms with van der Waals surface area (Å²) in [7, 11) is 0. The van der Waals surface area contributed by atoms with E-state index in [2.05, 4.69) is 24.0 Å². The molecule has 0 radical (unpaired) electrons. The third-order valence-corrected chi connectivity index (χ3v) is 2.24. The molecule has 1 N–H and O–H groups in total. The van der Waals surface area contributed by atoms with Gasteiger partial charge in [-0.3, -0.25) is 4.79 Å². The summed E-state index contributed by atoms with van der Waals surface area (Å²) in [4.78, 5) is 14.5. The van der Waals surface area contributed by atoms with Gasteiger partial charge in [0.05, 0.1) is 0 Å². The molecule has 0 amide bonds. The molecule has 90 valence electrons. The van der Waals surface area contributed by atoms with Gasteiger partial charge in [-0.25, -0.2) is 0 Å². The van der Waals surface area contributed by atoms with E-state index in [1.165, 1.54) is 0 Å². The SMILES string of the molecule is CC(C)CCc1noc(CCCC(=O)O)n1. The van der Waals surface area contributed by atoms with Crippen molar-refractivity contribution in [2.45, 2.75) is 46.0 Å². The van der Waals surface area contributed by atoms with Crippen molar-refractivity contribution in [3.63, 3.8) is 0 Å². The zero-order valence-electron chi connectivity index (χ0n) is 9.77. The summed E-state index contributed by atoms with van der Waals surface area (Å²) in [6, 6.07) is 0. The quantitative estimate of drug-likeness (QED) is 0.770. The van der Waals surface area contributed by atoms with Crippen LogP contribution in [0.1, 0.15) is 44.8 Å². The molecule has 0 saturated heterocycles. The topological polar surface area (TPSA) is 76.2 Å². The molecule has 1 rings (SSSR count). The molecule has 0 aliphatic carbocycles. The van der Waals surface area contributed by atoms with E-state index in [1.54, 1.807) is 0 Å². The number of hydrogen-bond donors (Lipinski definition) is 1. The second-order valence-electron chi connectivity index (χ2n) is 4.28. The highest BCUT2D eigenvalue weighted by Gasteiger charge is 2.07. The van der Waals surface area contributed by atoms with Crippen LogP contribution < -0.4 is 0 Å². The molecule has 0 bridgehead atoms. The van der Waals surface area contributed by atoms with E-state index in [0.29, 0.717) is 24.7 Å². The molecule has 0 saturated carbocycles. The second kappa shape index (κ2) is 6.25. The molecule has 1 aromatic heterocycles. The summed E-state index contributed by atoms with van der Waals surface area (Å²) in [6.07, 6.45) is 3.08. The van der Waals surface area contributed by atoms with Crippen LogP contribution in [0.4, 0.5) is 0 Å². The van der Waals surface area contributed by atoms with Crippen molar-refractivity contribution >= 4 is 5.97 Å². The summed E-state index contributed by atoms with van der Waals surface area (Å²) in [5, 5.41) is 12.3. The summed E-state index contributed by atoms with van der Waals surface area (Å²) in [6.45, 7) is 4.29. The van der Waals surface area contributed by atoms with E-state index in [9.17, 15) is 4.79 Å². The Hall–Kier alpha value is -1.39. The van der Waals surface area contributed by atoms with Gasteiger partial charge in [0, 0.05) is 19.3 Å². The zero-order valence-corrected chi connectivity index (χ0v) is 9.77. The van der Waals surface area contributed by atoms with Crippen molar-refractivity contribution in [2.75, 3.05) is 0 Å². The summed E-state index contributed by atoms with van der Waals surface area (Å²) < 4.78 is 5.02. The highest BCUT2D eigenvalue weighted by molar-refractivity contribution is 5.66. The average Bonchev–Trinajstić information content (AvgIpc) is 2.62. The smallest absolute Gasteiger partial charge is 0.303 e. The second-order valence-corrected chi connectivity index (χ2v) is 4.28. The first kappa shape index (κ1) is 12.7. The van der Waals surface area contributed by atoms with E-state index >= 15 is 0 Å². The van der Waals surface area contributed by atoms with Crippen LogP contribution in [-0.2, 0) is 17.6 Å². The van der Waals surface area contributed by atoms with Gasteiger partial charge in [-0.05, 0) is 18.8 Å². The van der Waals surface area contributed by atoms with Gasteiger partial charge in [0.1, 0.15) is 0 Å². The van der Waals surface area contributed by atoms with Gasteiger partial charge < -0.3 is 9.63 Å². The molecule has 0 fully saturated rings. The molecule has 1 aromatic rings. The number of carbonyl (C=O) groups is 1. The van der Waals surface area contributed by atoms with Gasteiger partial charge in [0.15, 0.2) is 5.82 Å². The van der Waals surface area contributed by atoms with Gasteiger partial charge in [0.25, 0.3) is 0 Å². The van der Waals surface area contributed by atoms with Crippen LogP contribution in [0.15, 0.2) is 4.52 Å². The predicted molar refractivity (Wildman–Crippen MR) is 58.0 cm³/mol. The fraction of sp³-hybridized carbons (Fsp3) is 0.727. The summed E-state index contributed by atoms with van der Waals surface area (Å²) in [5.74, 6) is 1.09. The van der Waals surface area contributed by atoms with Gasteiger partial charge >= 0.3 is 5.97 Å². The Bertz CT molecular complexity index is 334. The summed E-state index contributed by atoms with van der Waals surface area (Å²) >= 11 is 0. The van der Waals surface area contributed by atoms with Crippen LogP contribution >= 0.6 is 0 Å². The fourth-order valence-electron chi connectivity index (χ4n) is 1.30. The van der Waals surface area contributed by atoms with Crippen LogP contribution in [0.2, 0.25) is 0 Å². The summed E-state index contributed by atoms with van der Waals surface area (Å²) in [5.41, 5.74) is 0. The first-order valence-corrected chi connectivity index (χ1v) is 5.61. The Morgan fingerprint density at radius 2 is 2.19 bits per heavy atom. The molecule has 0 unspecified atom stereocenters. The molecule has 0 aliphatic rings. The first-order valence-electron chi connectivity index (χ1n) is 5.61. The molecule has 1 heterocycles. The van der Waals surface area contributed by atoms with E-state index in [4.69, 9.17) is 9.63 Å². The number of aliphatic carboxylic acids is 1. The predicted octanol–water partition coefficient (Wildman–Crippen LogP) is 2.07. The lowest BCUT2D eigenvalue weighted by Gasteiger charge is -1.98. The number of carboxylic acids is 1. The van der Waals surface area contributed by atoms with E-state index < -0.39 is 5.97 Å². The Morgan fingerprint density at radius 3 is 2.81 bits per heavy atom. The van der Waals surface area contributed by atoms with Gasteiger partial charge in [-0.1, -0.05) is 19.0 Å². The standard InChI is InChI=1S/C11H18N2O3/c1-8(2)6-7-9-12-10(16-13-9)4-3-5-11(14)15/h8H,3-7H2,1-2H3,(H,14,15). The van der Waals surface area contributed by atoms with Crippen LogP contribution in [0.3, 0.4) is 0 Å². The maximum atomic E-state index is 10.3. The molecular weight excluding hydrogens is 208 g/mol. The fourth-order valence-corrected chi connectivity index (χ4v) is 1.30. The van der Waals surface area contributed by atoms with Crippen molar-refractivity contribution in [2.24, 2.45) is 5.92 Å². The lowest BCUT2D eigenvalue weighted by molar-refractivity contribution is -0.137. The van der Waals surface area contributed by atoms with Crippen molar-refractivity contribution in [3.05, 3.63) is 11.7 Å². The molecule has 0 atom stereocenters. The minimum absolute atomic E-state index is 0.143. The van der Waals surface area contributed by atoms with Crippen LogP contribution in [0, 0.1) is 5.92 Å². The molecule has 5 heteroatoms. The highest BCUT2D eigenvalue weighted by Crippen LogP contribution is 2.08. The van der Waals surface area contributed by atoms with Gasteiger partial charge in [-0.15, -0.1) is 0 Å². The number of aromatic nitrogens is 2. The zero-order chi connectivity index (χ0) is 12.0. The Kier molecular flexibility index (Phi) is 4.95. The Balaban J connectivity index is 2.30. The maximum Gasteiger partial charge on any atom is 0.303 e. The van der Waals surface area contributed by atoms with Crippen molar-refractivity contribution in [1.29, 1.82) is 0 Å². The van der Waals surface area contributed by atoms with E-state index in [1.807, 2.05) is 0 Å². The Labute approximate surface area is 94.9 Å². The third-order valence-electron chi connectivity index (χ3n) is 2.24.